The fourth-order valence-corrected chi connectivity index (χ4v) is 1.76. The summed E-state index contributed by atoms with van der Waals surface area (Å²) in [6, 6.07) is 3.57. The Labute approximate surface area is 115 Å². The molecule has 6 nitrogen and oxygen atoms in total. The van der Waals surface area contributed by atoms with Crippen LogP contribution in [0.1, 0.15) is 28.9 Å². The minimum Gasteiger partial charge on any atom is -0.460 e. The first-order valence-electron chi connectivity index (χ1n) is 5.79. The van der Waals surface area contributed by atoms with Crippen molar-refractivity contribution in [2.45, 2.75) is 20.4 Å². The lowest BCUT2D eigenvalue weighted by Crippen LogP contribution is -2.09. The van der Waals surface area contributed by atoms with Crippen LogP contribution in [-0.4, -0.2) is 32.3 Å². The molecule has 0 bridgehead atoms. The molecule has 19 heavy (non-hydrogen) atoms. The van der Waals surface area contributed by atoms with Gasteiger partial charge in [-0.25, -0.2) is 19.4 Å². The van der Waals surface area contributed by atoms with Crippen molar-refractivity contribution < 1.29 is 9.53 Å². The number of rotatable bonds is 4. The number of pyridine rings is 1. The van der Waals surface area contributed by atoms with Gasteiger partial charge in [0, 0.05) is 6.20 Å². The molecule has 0 N–H and O–H groups in total. The van der Waals surface area contributed by atoms with Crippen LogP contribution in [0.3, 0.4) is 0 Å². The molecule has 0 radical (unpaired) electrons. The number of carbonyl (C=O) groups is 1. The van der Waals surface area contributed by atoms with Gasteiger partial charge in [-0.2, -0.15) is 0 Å². The summed E-state index contributed by atoms with van der Waals surface area (Å²) in [5, 5.41) is 4.54. The molecule has 2 aromatic rings. The second-order valence-electron chi connectivity index (χ2n) is 3.85. The second-order valence-corrected chi connectivity index (χ2v) is 4.23. The zero-order valence-electron chi connectivity index (χ0n) is 10.6. The number of halogens is 1. The molecule has 2 heterocycles. The predicted octanol–water partition coefficient (Wildman–Crippen LogP) is 1.86. The lowest BCUT2D eigenvalue weighted by Gasteiger charge is -2.03. The highest BCUT2D eigenvalue weighted by atomic mass is 35.5. The van der Waals surface area contributed by atoms with Crippen LogP contribution in [0.2, 0.25) is 5.15 Å². The van der Waals surface area contributed by atoms with Crippen molar-refractivity contribution in [1.82, 2.24) is 19.7 Å². The van der Waals surface area contributed by atoms with E-state index < -0.39 is 5.97 Å². The number of carbonyl (C=O) groups excluding carboxylic acids is 1. The smallest absolute Gasteiger partial charge is 0.378 e. The van der Waals surface area contributed by atoms with E-state index in [4.69, 9.17) is 16.3 Å². The molecule has 0 unspecified atom stereocenters. The van der Waals surface area contributed by atoms with E-state index in [1.54, 1.807) is 30.8 Å². The number of hydrogen-bond donors (Lipinski definition) is 0. The molecule has 100 valence electrons. The van der Waals surface area contributed by atoms with Crippen LogP contribution in [0.25, 0.3) is 0 Å². The summed E-state index contributed by atoms with van der Waals surface area (Å²) in [7, 11) is 0. The normalized spacial score (nSPS) is 10.5. The summed E-state index contributed by atoms with van der Waals surface area (Å²) in [5.74, 6) is 0.188. The molecule has 0 aromatic carbocycles. The summed E-state index contributed by atoms with van der Waals surface area (Å²) in [6.45, 7) is 4.28. The minimum absolute atomic E-state index is 0.0690. The van der Waals surface area contributed by atoms with Gasteiger partial charge in [0.2, 0.25) is 0 Å². The number of esters is 1. The van der Waals surface area contributed by atoms with Crippen molar-refractivity contribution >= 4 is 17.6 Å². The molecule has 0 aliphatic heterocycles. The van der Waals surface area contributed by atoms with E-state index in [2.05, 4.69) is 15.1 Å². The summed E-state index contributed by atoms with van der Waals surface area (Å²) in [6.07, 6.45) is 1.62. The van der Waals surface area contributed by atoms with Crippen molar-refractivity contribution in [2.24, 2.45) is 0 Å². The number of aryl methyl sites for hydroxylation is 1. The molecule has 0 aliphatic rings. The maximum absolute atomic E-state index is 11.5. The van der Waals surface area contributed by atoms with Crippen molar-refractivity contribution in [2.75, 3.05) is 6.61 Å². The largest absolute Gasteiger partial charge is 0.460 e. The Kier molecular flexibility index (Phi) is 4.11. The SMILES string of the molecule is CCOC(=O)c1nc(C)n(Cc2ccnc(Cl)c2)n1. The van der Waals surface area contributed by atoms with Crippen molar-refractivity contribution in [1.29, 1.82) is 0 Å². The van der Waals surface area contributed by atoms with E-state index in [0.717, 1.165) is 5.56 Å². The third kappa shape index (κ3) is 3.29. The Balaban J connectivity index is 2.19. The minimum atomic E-state index is -0.517. The molecule has 2 aromatic heterocycles. The molecule has 0 atom stereocenters. The van der Waals surface area contributed by atoms with Crippen LogP contribution in [0.5, 0.6) is 0 Å². The highest BCUT2D eigenvalue weighted by Gasteiger charge is 2.15. The van der Waals surface area contributed by atoms with Gasteiger partial charge in [0.1, 0.15) is 11.0 Å². The molecular formula is C12H13ClN4O2. The highest BCUT2D eigenvalue weighted by Crippen LogP contribution is 2.09. The summed E-state index contributed by atoms with van der Waals surface area (Å²) in [5.41, 5.74) is 0.934. The number of ether oxygens (including phenoxy) is 1. The highest BCUT2D eigenvalue weighted by molar-refractivity contribution is 6.29. The average molecular weight is 281 g/mol. The third-order valence-corrected chi connectivity index (χ3v) is 2.64. The van der Waals surface area contributed by atoms with E-state index in [-0.39, 0.29) is 5.82 Å². The maximum atomic E-state index is 11.5. The quantitative estimate of drug-likeness (QED) is 0.631. The number of hydrogen-bond acceptors (Lipinski definition) is 5. The fourth-order valence-electron chi connectivity index (χ4n) is 1.57. The van der Waals surface area contributed by atoms with E-state index in [1.807, 2.05) is 6.07 Å². The van der Waals surface area contributed by atoms with E-state index in [9.17, 15) is 4.79 Å². The van der Waals surface area contributed by atoms with Crippen molar-refractivity contribution in [3.05, 3.63) is 40.7 Å². The van der Waals surface area contributed by atoms with Crippen molar-refractivity contribution in [3.8, 4) is 0 Å². The van der Waals surface area contributed by atoms with Gasteiger partial charge in [0.15, 0.2) is 0 Å². The maximum Gasteiger partial charge on any atom is 0.378 e. The van der Waals surface area contributed by atoms with Gasteiger partial charge in [-0.15, -0.1) is 5.10 Å². The summed E-state index contributed by atoms with van der Waals surface area (Å²) < 4.78 is 6.48. The Morgan fingerprint density at radius 2 is 2.32 bits per heavy atom. The van der Waals surface area contributed by atoms with Crippen LogP contribution >= 0.6 is 11.6 Å². The summed E-state index contributed by atoms with van der Waals surface area (Å²) >= 11 is 5.82. The van der Waals surface area contributed by atoms with Gasteiger partial charge in [0.25, 0.3) is 5.82 Å². The fraction of sp³-hybridized carbons (Fsp3) is 0.333. The first kappa shape index (κ1) is 13.5. The van der Waals surface area contributed by atoms with Crippen LogP contribution in [0, 0.1) is 6.92 Å². The van der Waals surface area contributed by atoms with Crippen molar-refractivity contribution in [3.63, 3.8) is 0 Å². The predicted molar refractivity (Wildman–Crippen MR) is 69.1 cm³/mol. The second kappa shape index (κ2) is 5.79. The van der Waals surface area contributed by atoms with Crippen LogP contribution < -0.4 is 0 Å². The molecule has 0 fully saturated rings. The first-order chi connectivity index (χ1) is 9.10. The van der Waals surface area contributed by atoms with E-state index >= 15 is 0 Å². The summed E-state index contributed by atoms with van der Waals surface area (Å²) in [4.78, 5) is 19.5. The molecule has 2 rings (SSSR count). The third-order valence-electron chi connectivity index (χ3n) is 2.44. The molecule has 7 heteroatoms. The molecule has 0 amide bonds. The van der Waals surface area contributed by atoms with Gasteiger partial charge in [0.05, 0.1) is 13.2 Å². The van der Waals surface area contributed by atoms with E-state index in [0.29, 0.717) is 24.1 Å². The van der Waals surface area contributed by atoms with Gasteiger partial charge < -0.3 is 4.74 Å². The lowest BCUT2D eigenvalue weighted by atomic mass is 10.3. The first-order valence-corrected chi connectivity index (χ1v) is 6.17. The number of nitrogens with zero attached hydrogens (tertiary/aromatic N) is 4. The Hall–Kier alpha value is -1.95. The Morgan fingerprint density at radius 3 is 3.00 bits per heavy atom. The average Bonchev–Trinajstić information content (AvgIpc) is 2.71. The van der Waals surface area contributed by atoms with Gasteiger partial charge in [-0.05, 0) is 31.5 Å². The Bertz CT molecular complexity index is 597. The number of aromatic nitrogens is 4. The van der Waals surface area contributed by atoms with Gasteiger partial charge >= 0.3 is 5.97 Å². The lowest BCUT2D eigenvalue weighted by molar-refractivity contribution is 0.0511. The zero-order valence-corrected chi connectivity index (χ0v) is 11.4. The van der Waals surface area contributed by atoms with Crippen LogP contribution in [0.4, 0.5) is 0 Å². The standard InChI is InChI=1S/C12H13ClN4O2/c1-3-19-12(18)11-15-8(2)17(16-11)7-9-4-5-14-10(13)6-9/h4-6H,3,7H2,1-2H3. The van der Waals surface area contributed by atoms with Gasteiger partial charge in [-0.3, -0.25) is 0 Å². The monoisotopic (exact) mass is 280 g/mol. The van der Waals surface area contributed by atoms with Gasteiger partial charge in [-0.1, -0.05) is 11.6 Å². The Morgan fingerprint density at radius 1 is 1.53 bits per heavy atom. The topological polar surface area (TPSA) is 69.9 Å². The molecule has 0 saturated carbocycles. The van der Waals surface area contributed by atoms with Crippen LogP contribution in [0.15, 0.2) is 18.3 Å². The zero-order chi connectivity index (χ0) is 13.8. The molecule has 0 spiro atoms. The molecule has 0 saturated heterocycles. The molecule has 0 aliphatic carbocycles. The molecular weight excluding hydrogens is 268 g/mol. The van der Waals surface area contributed by atoms with E-state index in [1.165, 1.54) is 0 Å². The van der Waals surface area contributed by atoms with Crippen LogP contribution in [-0.2, 0) is 11.3 Å².